The predicted octanol–water partition coefficient (Wildman–Crippen LogP) is 2.40. The number of para-hydroxylation sites is 1. The third kappa shape index (κ3) is 2.60. The van der Waals surface area contributed by atoms with Crippen LogP contribution in [0, 0.1) is 11.3 Å². The summed E-state index contributed by atoms with van der Waals surface area (Å²) in [5, 5.41) is 7.43. The number of benzene rings is 1. The first-order valence-corrected chi connectivity index (χ1v) is 6.25. The number of anilines is 1. The van der Waals surface area contributed by atoms with Crippen molar-refractivity contribution in [2.24, 2.45) is 11.7 Å². The number of hydrogen-bond acceptors (Lipinski definition) is 2. The number of nitrogens with one attached hydrogen (secondary N) is 1. The summed E-state index contributed by atoms with van der Waals surface area (Å²) < 4.78 is 0. The molecule has 2 unspecified atom stereocenters. The Morgan fingerprint density at radius 3 is 2.94 bits per heavy atom. The standard InChI is InChI=1S/C14H21N3/c1-10-7-12-5-3-4-6-13(12)17(9-10)11(2)8-14(15)16/h3-6,10-11H,7-9H2,1-2H3,(H3,15,16). The summed E-state index contributed by atoms with van der Waals surface area (Å²) in [4.78, 5) is 2.39. The van der Waals surface area contributed by atoms with Gasteiger partial charge in [-0.25, -0.2) is 0 Å². The van der Waals surface area contributed by atoms with Gasteiger partial charge in [-0.3, -0.25) is 5.41 Å². The van der Waals surface area contributed by atoms with Crippen LogP contribution in [0.1, 0.15) is 25.8 Å². The molecule has 0 radical (unpaired) electrons. The number of rotatable bonds is 3. The van der Waals surface area contributed by atoms with Crippen molar-refractivity contribution in [2.45, 2.75) is 32.7 Å². The zero-order valence-electron chi connectivity index (χ0n) is 10.6. The first-order valence-electron chi connectivity index (χ1n) is 6.25. The maximum absolute atomic E-state index is 7.43. The van der Waals surface area contributed by atoms with Gasteiger partial charge in [-0.05, 0) is 30.9 Å². The van der Waals surface area contributed by atoms with E-state index in [1.54, 1.807) is 0 Å². The first-order chi connectivity index (χ1) is 8.08. The van der Waals surface area contributed by atoms with Crippen molar-refractivity contribution in [2.75, 3.05) is 11.4 Å². The fourth-order valence-corrected chi connectivity index (χ4v) is 2.68. The maximum atomic E-state index is 7.43. The van der Waals surface area contributed by atoms with E-state index in [4.69, 9.17) is 11.1 Å². The SMILES string of the molecule is CC1Cc2ccccc2N(C(C)CC(=N)N)C1. The summed E-state index contributed by atoms with van der Waals surface area (Å²) in [6, 6.07) is 8.87. The van der Waals surface area contributed by atoms with E-state index in [1.165, 1.54) is 11.3 Å². The fourth-order valence-electron chi connectivity index (χ4n) is 2.68. The molecule has 0 bridgehead atoms. The van der Waals surface area contributed by atoms with Gasteiger partial charge in [0, 0.05) is 24.7 Å². The summed E-state index contributed by atoms with van der Waals surface area (Å²) in [7, 11) is 0. The van der Waals surface area contributed by atoms with Crippen molar-refractivity contribution in [1.82, 2.24) is 0 Å². The molecule has 0 amide bonds. The van der Waals surface area contributed by atoms with Crippen LogP contribution in [0.4, 0.5) is 5.69 Å². The van der Waals surface area contributed by atoms with E-state index in [1.807, 2.05) is 0 Å². The fraction of sp³-hybridized carbons (Fsp3) is 0.500. The van der Waals surface area contributed by atoms with E-state index in [0.29, 0.717) is 18.4 Å². The molecule has 1 aliphatic heterocycles. The third-order valence-corrected chi connectivity index (χ3v) is 3.43. The Bertz CT molecular complexity index is 414. The lowest BCUT2D eigenvalue weighted by Gasteiger charge is -2.39. The van der Waals surface area contributed by atoms with Crippen LogP contribution in [-0.2, 0) is 6.42 Å². The lowest BCUT2D eigenvalue weighted by Crippen LogP contribution is -2.42. The van der Waals surface area contributed by atoms with Crippen molar-refractivity contribution >= 4 is 11.5 Å². The summed E-state index contributed by atoms with van der Waals surface area (Å²) in [5.41, 5.74) is 8.25. The molecule has 0 aliphatic carbocycles. The Hall–Kier alpha value is -1.51. The van der Waals surface area contributed by atoms with Crippen LogP contribution in [0.15, 0.2) is 24.3 Å². The van der Waals surface area contributed by atoms with Crippen molar-refractivity contribution in [3.8, 4) is 0 Å². The summed E-state index contributed by atoms with van der Waals surface area (Å²) in [6.07, 6.45) is 1.79. The van der Waals surface area contributed by atoms with E-state index in [0.717, 1.165) is 13.0 Å². The molecule has 92 valence electrons. The largest absolute Gasteiger partial charge is 0.388 e. The second kappa shape index (κ2) is 4.78. The number of nitrogens with zero attached hydrogens (tertiary/aromatic N) is 1. The van der Waals surface area contributed by atoms with Gasteiger partial charge < -0.3 is 10.6 Å². The molecule has 1 aromatic carbocycles. The van der Waals surface area contributed by atoms with Gasteiger partial charge >= 0.3 is 0 Å². The highest BCUT2D eigenvalue weighted by Gasteiger charge is 2.25. The van der Waals surface area contributed by atoms with Crippen molar-refractivity contribution < 1.29 is 0 Å². The molecule has 0 aromatic heterocycles. The Morgan fingerprint density at radius 2 is 2.24 bits per heavy atom. The van der Waals surface area contributed by atoms with Gasteiger partial charge in [0.05, 0.1) is 5.84 Å². The average Bonchev–Trinajstić information content (AvgIpc) is 2.26. The normalized spacial score (nSPS) is 20.8. The lowest BCUT2D eigenvalue weighted by molar-refractivity contribution is 0.497. The molecule has 0 saturated heterocycles. The van der Waals surface area contributed by atoms with E-state index >= 15 is 0 Å². The lowest BCUT2D eigenvalue weighted by atomic mass is 9.92. The van der Waals surface area contributed by atoms with Crippen LogP contribution in [-0.4, -0.2) is 18.4 Å². The summed E-state index contributed by atoms with van der Waals surface area (Å²) in [5.74, 6) is 0.938. The van der Waals surface area contributed by atoms with E-state index in [9.17, 15) is 0 Å². The second-order valence-corrected chi connectivity index (χ2v) is 5.17. The Kier molecular flexibility index (Phi) is 3.36. The van der Waals surface area contributed by atoms with E-state index < -0.39 is 0 Å². The van der Waals surface area contributed by atoms with Gasteiger partial charge in [-0.15, -0.1) is 0 Å². The first kappa shape index (κ1) is 12.0. The van der Waals surface area contributed by atoms with Crippen LogP contribution in [0.5, 0.6) is 0 Å². The average molecular weight is 231 g/mol. The Balaban J connectivity index is 2.26. The monoisotopic (exact) mass is 231 g/mol. The molecule has 1 aliphatic rings. The molecular weight excluding hydrogens is 210 g/mol. The smallest absolute Gasteiger partial charge is 0.0925 e. The Morgan fingerprint density at radius 1 is 1.53 bits per heavy atom. The van der Waals surface area contributed by atoms with Crippen LogP contribution in [0.3, 0.4) is 0 Å². The highest BCUT2D eigenvalue weighted by Crippen LogP contribution is 2.31. The summed E-state index contributed by atoms with van der Waals surface area (Å²) >= 11 is 0. The van der Waals surface area contributed by atoms with Gasteiger partial charge in [0.15, 0.2) is 0 Å². The van der Waals surface area contributed by atoms with Crippen LogP contribution in [0.2, 0.25) is 0 Å². The molecule has 0 saturated carbocycles. The molecule has 0 spiro atoms. The van der Waals surface area contributed by atoms with Crippen LogP contribution < -0.4 is 10.6 Å². The number of fused-ring (bicyclic) bond motifs is 1. The number of amidine groups is 1. The zero-order chi connectivity index (χ0) is 12.4. The molecule has 3 N–H and O–H groups in total. The molecule has 17 heavy (non-hydrogen) atoms. The Labute approximate surface area is 103 Å². The number of hydrogen-bond donors (Lipinski definition) is 2. The van der Waals surface area contributed by atoms with Gasteiger partial charge in [-0.1, -0.05) is 25.1 Å². The minimum Gasteiger partial charge on any atom is -0.388 e. The predicted molar refractivity (Wildman–Crippen MR) is 72.6 cm³/mol. The molecule has 0 fully saturated rings. The number of nitrogens with two attached hydrogens (primary N) is 1. The molecule has 1 aromatic rings. The van der Waals surface area contributed by atoms with Crippen molar-refractivity contribution in [3.63, 3.8) is 0 Å². The minimum atomic E-state index is 0.271. The van der Waals surface area contributed by atoms with Gasteiger partial charge in [-0.2, -0.15) is 0 Å². The molecule has 2 rings (SSSR count). The van der Waals surface area contributed by atoms with E-state index in [-0.39, 0.29) is 5.84 Å². The van der Waals surface area contributed by atoms with Crippen LogP contribution in [0.25, 0.3) is 0 Å². The van der Waals surface area contributed by atoms with Gasteiger partial charge in [0.2, 0.25) is 0 Å². The van der Waals surface area contributed by atoms with Crippen LogP contribution >= 0.6 is 0 Å². The minimum absolute atomic E-state index is 0.271. The van der Waals surface area contributed by atoms with Crippen molar-refractivity contribution in [3.05, 3.63) is 29.8 Å². The second-order valence-electron chi connectivity index (χ2n) is 5.17. The highest BCUT2D eigenvalue weighted by atomic mass is 15.2. The topological polar surface area (TPSA) is 53.1 Å². The molecule has 2 atom stereocenters. The molecular formula is C14H21N3. The maximum Gasteiger partial charge on any atom is 0.0925 e. The van der Waals surface area contributed by atoms with Crippen molar-refractivity contribution in [1.29, 1.82) is 5.41 Å². The molecule has 3 nitrogen and oxygen atoms in total. The van der Waals surface area contributed by atoms with Gasteiger partial charge in [0.25, 0.3) is 0 Å². The quantitative estimate of drug-likeness (QED) is 0.620. The highest BCUT2D eigenvalue weighted by molar-refractivity contribution is 5.78. The van der Waals surface area contributed by atoms with Gasteiger partial charge in [0.1, 0.15) is 0 Å². The summed E-state index contributed by atoms with van der Waals surface area (Å²) in [6.45, 7) is 5.49. The third-order valence-electron chi connectivity index (χ3n) is 3.43. The zero-order valence-corrected chi connectivity index (χ0v) is 10.6. The molecule has 3 heteroatoms. The molecule has 1 heterocycles. The van der Waals surface area contributed by atoms with E-state index in [2.05, 4.69) is 43.0 Å².